The molecule has 1 heterocycles. The molecule has 0 N–H and O–H groups in total. The smallest absolute Gasteiger partial charge is 0.297 e. The van der Waals surface area contributed by atoms with Gasteiger partial charge in [-0.05, 0) is 20.8 Å². The molecule has 0 fully saturated rings. The van der Waals surface area contributed by atoms with Gasteiger partial charge < -0.3 is 0 Å². The normalized spacial score (nSPS) is 12.8. The van der Waals surface area contributed by atoms with Gasteiger partial charge in [0.05, 0.1) is 12.1 Å². The third-order valence-corrected chi connectivity index (χ3v) is 2.52. The van der Waals surface area contributed by atoms with E-state index in [1.54, 1.807) is 0 Å². The molecule has 0 bridgehead atoms. The van der Waals surface area contributed by atoms with Crippen LogP contribution < -0.4 is 5.69 Å². The monoisotopic (exact) mass is 239 g/mol. The highest BCUT2D eigenvalue weighted by Gasteiger charge is 2.24. The van der Waals surface area contributed by atoms with Crippen molar-refractivity contribution in [3.05, 3.63) is 16.8 Å². The molecule has 0 saturated carbocycles. The Morgan fingerprint density at radius 3 is 2.12 bits per heavy atom. The first-order valence-electron chi connectivity index (χ1n) is 5.72. The third kappa shape index (κ3) is 3.05. The Labute approximate surface area is 101 Å². The minimum Gasteiger partial charge on any atom is -0.297 e. The third-order valence-electron chi connectivity index (χ3n) is 2.52. The van der Waals surface area contributed by atoms with E-state index in [0.29, 0.717) is 0 Å². The molecule has 0 spiro atoms. The summed E-state index contributed by atoms with van der Waals surface area (Å²) in [5.41, 5.74) is -1.05. The van der Waals surface area contributed by atoms with E-state index in [9.17, 15) is 9.59 Å². The maximum absolute atomic E-state index is 12.0. The van der Waals surface area contributed by atoms with Crippen LogP contribution in [0, 0.1) is 5.41 Å². The molecule has 1 aromatic heterocycles. The highest BCUT2D eigenvalue weighted by atomic mass is 16.2. The zero-order chi connectivity index (χ0) is 13.4. The Morgan fingerprint density at radius 1 is 1.24 bits per heavy atom. The van der Waals surface area contributed by atoms with Crippen molar-refractivity contribution >= 4 is 5.78 Å². The number of nitrogens with zero attached hydrogens (tertiary/aromatic N) is 3. The van der Waals surface area contributed by atoms with Gasteiger partial charge in [0.15, 0.2) is 5.78 Å². The Morgan fingerprint density at radius 2 is 1.76 bits per heavy atom. The molecule has 0 saturated heterocycles. The first-order valence-corrected chi connectivity index (χ1v) is 5.72. The molecular weight excluding hydrogens is 218 g/mol. The number of Topliss-reactive ketones (excluding diaryl/α,β-unsaturated/α-hetero) is 1. The molecule has 5 nitrogen and oxygen atoms in total. The molecule has 0 atom stereocenters. The average molecular weight is 239 g/mol. The predicted octanol–water partition coefficient (Wildman–Crippen LogP) is 1.42. The van der Waals surface area contributed by atoms with Crippen molar-refractivity contribution in [2.75, 3.05) is 0 Å². The molecule has 0 aromatic carbocycles. The van der Waals surface area contributed by atoms with Crippen LogP contribution in [-0.4, -0.2) is 20.1 Å². The molecule has 5 heteroatoms. The van der Waals surface area contributed by atoms with Crippen LogP contribution in [0.5, 0.6) is 0 Å². The van der Waals surface area contributed by atoms with Crippen LogP contribution in [0.15, 0.2) is 11.1 Å². The van der Waals surface area contributed by atoms with Crippen molar-refractivity contribution in [1.29, 1.82) is 0 Å². The number of carbonyl (C=O) groups is 1. The molecule has 1 rings (SSSR count). The van der Waals surface area contributed by atoms with Gasteiger partial charge in [0.1, 0.15) is 6.33 Å². The van der Waals surface area contributed by atoms with Gasteiger partial charge in [-0.25, -0.2) is 9.48 Å². The number of hydrogen-bond acceptors (Lipinski definition) is 3. The largest absolute Gasteiger partial charge is 0.346 e. The molecule has 0 aliphatic carbocycles. The van der Waals surface area contributed by atoms with Crippen molar-refractivity contribution in [2.24, 2.45) is 5.41 Å². The van der Waals surface area contributed by atoms with E-state index in [-0.39, 0.29) is 23.6 Å². The standard InChI is InChI=1S/C12H21N3O2/c1-11(2,3)9(16)7-14-8-13-15(10(14)17)12(4,5)6/h8H,7H2,1-6H3. The maximum Gasteiger partial charge on any atom is 0.346 e. The molecule has 96 valence electrons. The van der Waals surface area contributed by atoms with Crippen molar-refractivity contribution in [1.82, 2.24) is 14.3 Å². The lowest BCUT2D eigenvalue weighted by molar-refractivity contribution is -0.126. The second-order valence-corrected chi connectivity index (χ2v) is 6.30. The van der Waals surface area contributed by atoms with Crippen LogP contribution in [0.25, 0.3) is 0 Å². The second-order valence-electron chi connectivity index (χ2n) is 6.30. The minimum absolute atomic E-state index is 0.0214. The molecule has 1 aromatic rings. The van der Waals surface area contributed by atoms with E-state index < -0.39 is 5.41 Å². The predicted molar refractivity (Wildman–Crippen MR) is 65.9 cm³/mol. The highest BCUT2D eigenvalue weighted by Crippen LogP contribution is 2.15. The fourth-order valence-corrected chi connectivity index (χ4v) is 1.29. The molecule has 0 radical (unpaired) electrons. The maximum atomic E-state index is 12.0. The molecule has 0 amide bonds. The summed E-state index contributed by atoms with van der Waals surface area (Å²) in [6, 6.07) is 0. The van der Waals surface area contributed by atoms with E-state index in [1.165, 1.54) is 15.6 Å². The first-order chi connectivity index (χ1) is 7.53. The lowest BCUT2D eigenvalue weighted by Crippen LogP contribution is -2.37. The number of aromatic nitrogens is 3. The quantitative estimate of drug-likeness (QED) is 0.784. The van der Waals surface area contributed by atoms with Crippen molar-refractivity contribution in [2.45, 2.75) is 53.6 Å². The Kier molecular flexibility index (Phi) is 3.32. The van der Waals surface area contributed by atoms with Gasteiger partial charge in [0.2, 0.25) is 0 Å². The number of rotatable bonds is 2. The molecular formula is C12H21N3O2. The summed E-state index contributed by atoms with van der Waals surface area (Å²) in [5.74, 6) is 0.0214. The van der Waals surface area contributed by atoms with Crippen LogP contribution in [0.1, 0.15) is 41.5 Å². The second kappa shape index (κ2) is 4.13. The summed E-state index contributed by atoms with van der Waals surface area (Å²) >= 11 is 0. The summed E-state index contributed by atoms with van der Waals surface area (Å²) in [6.07, 6.45) is 1.43. The van der Waals surface area contributed by atoms with E-state index in [0.717, 1.165) is 0 Å². The Bertz CT molecular complexity index is 469. The van der Waals surface area contributed by atoms with Crippen molar-refractivity contribution < 1.29 is 4.79 Å². The van der Waals surface area contributed by atoms with Crippen LogP contribution >= 0.6 is 0 Å². The van der Waals surface area contributed by atoms with Crippen molar-refractivity contribution in [3.8, 4) is 0 Å². The summed E-state index contributed by atoms with van der Waals surface area (Å²) in [4.78, 5) is 23.8. The lowest BCUT2D eigenvalue weighted by Gasteiger charge is -2.18. The van der Waals surface area contributed by atoms with Gasteiger partial charge in [-0.3, -0.25) is 9.36 Å². The zero-order valence-corrected chi connectivity index (χ0v) is 11.4. The van der Waals surface area contributed by atoms with Crippen LogP contribution in [0.3, 0.4) is 0 Å². The van der Waals surface area contributed by atoms with Gasteiger partial charge in [-0.2, -0.15) is 5.10 Å². The molecule has 0 aliphatic rings. The van der Waals surface area contributed by atoms with Crippen LogP contribution in [-0.2, 0) is 16.9 Å². The summed E-state index contributed by atoms with van der Waals surface area (Å²) < 4.78 is 2.75. The van der Waals surface area contributed by atoms with Gasteiger partial charge in [-0.15, -0.1) is 0 Å². The number of ketones is 1. The van der Waals surface area contributed by atoms with Gasteiger partial charge >= 0.3 is 5.69 Å². The Balaban J connectivity index is 3.01. The van der Waals surface area contributed by atoms with Gasteiger partial charge in [0, 0.05) is 5.41 Å². The van der Waals surface area contributed by atoms with E-state index in [4.69, 9.17) is 0 Å². The molecule has 0 aliphatic heterocycles. The minimum atomic E-state index is -0.441. The lowest BCUT2D eigenvalue weighted by atomic mass is 9.91. The highest BCUT2D eigenvalue weighted by molar-refractivity contribution is 5.83. The topological polar surface area (TPSA) is 56.9 Å². The summed E-state index contributed by atoms with van der Waals surface area (Å²) in [7, 11) is 0. The average Bonchev–Trinajstić information content (AvgIpc) is 2.45. The van der Waals surface area contributed by atoms with E-state index in [1.807, 2.05) is 41.5 Å². The van der Waals surface area contributed by atoms with E-state index in [2.05, 4.69) is 5.10 Å². The molecule has 0 unspecified atom stereocenters. The fourth-order valence-electron chi connectivity index (χ4n) is 1.29. The fraction of sp³-hybridized carbons (Fsp3) is 0.750. The van der Waals surface area contributed by atoms with Crippen LogP contribution in [0.2, 0.25) is 0 Å². The summed E-state index contributed by atoms with van der Waals surface area (Å²) in [6.45, 7) is 11.3. The SMILES string of the molecule is CC(C)(C)C(=O)Cn1cnn(C(C)(C)C)c1=O. The number of carbonyl (C=O) groups excluding carboxylic acids is 1. The Hall–Kier alpha value is -1.39. The van der Waals surface area contributed by atoms with E-state index >= 15 is 0 Å². The zero-order valence-electron chi connectivity index (χ0n) is 11.4. The van der Waals surface area contributed by atoms with Gasteiger partial charge in [0.25, 0.3) is 0 Å². The number of hydrogen-bond donors (Lipinski definition) is 0. The van der Waals surface area contributed by atoms with Crippen molar-refractivity contribution in [3.63, 3.8) is 0 Å². The molecule has 17 heavy (non-hydrogen) atoms. The first kappa shape index (κ1) is 13.7. The van der Waals surface area contributed by atoms with Crippen LogP contribution in [0.4, 0.5) is 0 Å². The summed E-state index contributed by atoms with van der Waals surface area (Å²) in [5, 5.41) is 4.04. The van der Waals surface area contributed by atoms with Gasteiger partial charge in [-0.1, -0.05) is 20.8 Å².